The van der Waals surface area contributed by atoms with Gasteiger partial charge in [0.2, 0.25) is 0 Å². The Labute approximate surface area is 117 Å². The van der Waals surface area contributed by atoms with Gasteiger partial charge in [0.25, 0.3) is 5.62 Å². The Morgan fingerprint density at radius 1 is 1.05 bits per heavy atom. The SMILES string of the molecule is CCN=c1n(O)c2cc(NCC)cc(NCC)c2n1O. The van der Waals surface area contributed by atoms with Gasteiger partial charge in [0.15, 0.2) is 0 Å². The molecule has 0 aliphatic carbocycles. The van der Waals surface area contributed by atoms with Crippen LogP contribution in [0.1, 0.15) is 20.8 Å². The number of anilines is 2. The number of hydrogen-bond acceptors (Lipinski definition) is 5. The normalized spacial score (nSPS) is 12.1. The van der Waals surface area contributed by atoms with Crippen molar-refractivity contribution in [2.45, 2.75) is 20.8 Å². The van der Waals surface area contributed by atoms with Crippen LogP contribution in [0, 0.1) is 0 Å². The number of nitrogens with zero attached hydrogens (tertiary/aromatic N) is 3. The first-order chi connectivity index (χ1) is 9.63. The standard InChI is InChI=1S/C13H21N5O2/c1-4-14-9-7-10(15-5-2)12-11(8-9)17(19)13(16-6-3)18(12)20/h7-8,14-15,19-20H,4-6H2,1-3H3. The van der Waals surface area contributed by atoms with Crippen molar-refractivity contribution < 1.29 is 10.4 Å². The fraction of sp³-hybridized carbons (Fsp3) is 0.462. The van der Waals surface area contributed by atoms with Gasteiger partial charge in [0.1, 0.15) is 11.0 Å². The molecule has 0 unspecified atom stereocenters. The lowest BCUT2D eigenvalue weighted by Crippen LogP contribution is -2.23. The van der Waals surface area contributed by atoms with Crippen LogP contribution in [-0.4, -0.2) is 39.5 Å². The predicted molar refractivity (Wildman–Crippen MR) is 78.7 cm³/mol. The van der Waals surface area contributed by atoms with Crippen LogP contribution in [-0.2, 0) is 0 Å². The fourth-order valence-electron chi connectivity index (χ4n) is 2.21. The summed E-state index contributed by atoms with van der Waals surface area (Å²) in [6.45, 7) is 7.76. The first-order valence-electron chi connectivity index (χ1n) is 6.82. The monoisotopic (exact) mass is 279 g/mol. The number of imidazole rings is 1. The maximum Gasteiger partial charge on any atom is 0.273 e. The molecule has 0 radical (unpaired) electrons. The van der Waals surface area contributed by atoms with Gasteiger partial charge in [0.05, 0.1) is 5.69 Å². The van der Waals surface area contributed by atoms with Crippen LogP contribution in [0.25, 0.3) is 11.0 Å². The second-order valence-corrected chi connectivity index (χ2v) is 4.35. The van der Waals surface area contributed by atoms with Gasteiger partial charge in [-0.3, -0.25) is 0 Å². The van der Waals surface area contributed by atoms with Crippen molar-refractivity contribution in [3.05, 3.63) is 17.8 Å². The van der Waals surface area contributed by atoms with E-state index in [0.717, 1.165) is 27.4 Å². The first-order valence-corrected chi connectivity index (χ1v) is 6.82. The molecule has 0 amide bonds. The van der Waals surface area contributed by atoms with E-state index in [9.17, 15) is 10.4 Å². The third-order valence-corrected chi connectivity index (χ3v) is 2.96. The molecule has 0 spiro atoms. The Bertz CT molecular complexity index is 671. The minimum atomic E-state index is 0.107. The zero-order valence-corrected chi connectivity index (χ0v) is 12.0. The summed E-state index contributed by atoms with van der Waals surface area (Å²) in [6, 6.07) is 3.68. The van der Waals surface area contributed by atoms with E-state index < -0.39 is 0 Å². The number of aromatic nitrogens is 2. The fourth-order valence-corrected chi connectivity index (χ4v) is 2.21. The van der Waals surface area contributed by atoms with E-state index in [1.165, 1.54) is 0 Å². The molecule has 0 fully saturated rings. The summed E-state index contributed by atoms with van der Waals surface area (Å²) in [4.78, 5) is 4.10. The Morgan fingerprint density at radius 2 is 1.75 bits per heavy atom. The number of nitrogens with one attached hydrogen (secondary N) is 2. The molecule has 0 saturated carbocycles. The van der Waals surface area contributed by atoms with Crippen LogP contribution in [0.5, 0.6) is 0 Å². The zero-order chi connectivity index (χ0) is 14.7. The Kier molecular flexibility index (Phi) is 4.07. The minimum absolute atomic E-state index is 0.107. The lowest BCUT2D eigenvalue weighted by atomic mass is 10.2. The Balaban J connectivity index is 2.80. The molecule has 0 aliphatic heterocycles. The maximum atomic E-state index is 10.2. The summed E-state index contributed by atoms with van der Waals surface area (Å²) in [7, 11) is 0. The lowest BCUT2D eigenvalue weighted by Gasteiger charge is -2.10. The van der Waals surface area contributed by atoms with Gasteiger partial charge in [-0.1, -0.05) is 0 Å². The van der Waals surface area contributed by atoms with Crippen molar-refractivity contribution in [2.75, 3.05) is 30.3 Å². The quantitative estimate of drug-likeness (QED) is 0.627. The summed E-state index contributed by atoms with van der Waals surface area (Å²) >= 11 is 0. The van der Waals surface area contributed by atoms with Crippen molar-refractivity contribution in [3.8, 4) is 0 Å². The molecular weight excluding hydrogens is 258 g/mol. The molecule has 110 valence electrons. The molecule has 7 nitrogen and oxygen atoms in total. The highest BCUT2D eigenvalue weighted by molar-refractivity contribution is 5.92. The summed E-state index contributed by atoms with van der Waals surface area (Å²) in [5.41, 5.74) is 2.71. The maximum absolute atomic E-state index is 10.2. The van der Waals surface area contributed by atoms with Gasteiger partial charge < -0.3 is 21.0 Å². The van der Waals surface area contributed by atoms with Crippen LogP contribution in [0.3, 0.4) is 0 Å². The van der Waals surface area contributed by atoms with Gasteiger partial charge in [-0.15, -0.1) is 9.46 Å². The molecule has 0 bridgehead atoms. The lowest BCUT2D eigenvalue weighted by molar-refractivity contribution is 0.132. The van der Waals surface area contributed by atoms with Gasteiger partial charge in [-0.2, -0.15) is 0 Å². The number of rotatable bonds is 5. The first kappa shape index (κ1) is 14.1. The average molecular weight is 279 g/mol. The molecular formula is C13H21N5O2. The molecule has 0 saturated heterocycles. The van der Waals surface area contributed by atoms with E-state index in [4.69, 9.17) is 0 Å². The third-order valence-electron chi connectivity index (χ3n) is 2.96. The van der Waals surface area contributed by atoms with Crippen LogP contribution in [0.4, 0.5) is 11.4 Å². The number of hydrogen-bond donors (Lipinski definition) is 4. The van der Waals surface area contributed by atoms with Crippen molar-refractivity contribution in [3.63, 3.8) is 0 Å². The molecule has 4 N–H and O–H groups in total. The highest BCUT2D eigenvalue weighted by atomic mass is 16.5. The van der Waals surface area contributed by atoms with E-state index in [1.807, 2.05) is 26.8 Å². The summed E-state index contributed by atoms with van der Waals surface area (Å²) in [5, 5.41) is 26.8. The van der Waals surface area contributed by atoms with E-state index in [0.29, 0.717) is 24.1 Å². The number of fused-ring (bicyclic) bond motifs is 1. The largest absolute Gasteiger partial charge is 0.425 e. The van der Waals surface area contributed by atoms with Crippen LogP contribution >= 0.6 is 0 Å². The molecule has 7 heteroatoms. The smallest absolute Gasteiger partial charge is 0.273 e. The highest BCUT2D eigenvalue weighted by Crippen LogP contribution is 2.26. The summed E-state index contributed by atoms with van der Waals surface area (Å²) < 4.78 is 1.81. The predicted octanol–water partition coefficient (Wildman–Crippen LogP) is 1.70. The summed E-state index contributed by atoms with van der Waals surface area (Å²) in [5.74, 6) is 0. The van der Waals surface area contributed by atoms with Gasteiger partial charge in [0, 0.05) is 25.3 Å². The molecule has 2 aromatic rings. The Hall–Kier alpha value is -2.31. The highest BCUT2D eigenvalue weighted by Gasteiger charge is 2.15. The second-order valence-electron chi connectivity index (χ2n) is 4.35. The van der Waals surface area contributed by atoms with E-state index >= 15 is 0 Å². The summed E-state index contributed by atoms with van der Waals surface area (Å²) in [6.07, 6.45) is 0. The van der Waals surface area contributed by atoms with E-state index in [1.54, 1.807) is 6.07 Å². The molecule has 20 heavy (non-hydrogen) atoms. The van der Waals surface area contributed by atoms with Gasteiger partial charge in [-0.25, -0.2) is 4.99 Å². The second kappa shape index (κ2) is 5.77. The molecule has 2 rings (SSSR count). The van der Waals surface area contributed by atoms with Crippen molar-refractivity contribution in [1.82, 2.24) is 9.46 Å². The van der Waals surface area contributed by atoms with Crippen LogP contribution < -0.4 is 16.3 Å². The average Bonchev–Trinajstić information content (AvgIpc) is 2.65. The minimum Gasteiger partial charge on any atom is -0.425 e. The molecule has 0 atom stereocenters. The van der Waals surface area contributed by atoms with E-state index in [2.05, 4.69) is 15.6 Å². The van der Waals surface area contributed by atoms with Gasteiger partial charge >= 0.3 is 0 Å². The van der Waals surface area contributed by atoms with Crippen molar-refractivity contribution in [2.24, 2.45) is 4.99 Å². The topological polar surface area (TPSA) is 86.7 Å². The molecule has 1 aromatic heterocycles. The van der Waals surface area contributed by atoms with Crippen LogP contribution in [0.2, 0.25) is 0 Å². The molecule has 0 aliphatic rings. The van der Waals surface area contributed by atoms with Gasteiger partial charge in [-0.05, 0) is 32.9 Å². The van der Waals surface area contributed by atoms with Crippen LogP contribution in [0.15, 0.2) is 17.1 Å². The number of benzene rings is 1. The Morgan fingerprint density at radius 3 is 2.35 bits per heavy atom. The molecule has 1 aromatic carbocycles. The molecule has 1 heterocycles. The third kappa shape index (κ3) is 2.26. The zero-order valence-electron chi connectivity index (χ0n) is 12.0. The van der Waals surface area contributed by atoms with E-state index in [-0.39, 0.29) is 5.62 Å². The van der Waals surface area contributed by atoms with Crippen molar-refractivity contribution in [1.29, 1.82) is 0 Å². The van der Waals surface area contributed by atoms with Crippen molar-refractivity contribution >= 4 is 22.4 Å².